The van der Waals surface area contributed by atoms with Crippen molar-refractivity contribution in [2.45, 2.75) is 0 Å². The maximum Gasteiger partial charge on any atom is 0.256 e. The van der Waals surface area contributed by atoms with E-state index >= 15 is 0 Å². The number of hydrogen-bond donors (Lipinski definition) is 1. The van der Waals surface area contributed by atoms with Crippen LogP contribution in [0.4, 0.5) is 5.69 Å². The Bertz CT molecular complexity index is 673. The number of nitrogens with zero attached hydrogens (tertiary/aromatic N) is 2. The minimum atomic E-state index is -0.115. The fourth-order valence-electron chi connectivity index (χ4n) is 1.98. The first-order valence-corrected chi connectivity index (χ1v) is 5.83. The normalized spacial score (nSPS) is 15.9. The number of halogens is 1. The van der Waals surface area contributed by atoms with Gasteiger partial charge in [-0.25, -0.2) is 0 Å². The Hall–Kier alpha value is -2.07. The molecule has 1 N–H and O–H groups in total. The Morgan fingerprint density at radius 2 is 2.28 bits per heavy atom. The highest BCUT2D eigenvalue weighted by molar-refractivity contribution is 6.36. The van der Waals surface area contributed by atoms with Gasteiger partial charge in [-0.2, -0.15) is 5.10 Å². The number of carbonyl (C=O) groups is 1. The number of carbonyl (C=O) groups excluding carboxylic acids is 1. The standard InChI is InChI=1S/C13H10ClN3O/c1-17-7-8(6-15-17)4-11-10-5-9(14)2-3-12(10)16-13(11)18/h2-7H,1H3,(H,16,18)/b11-4-. The Morgan fingerprint density at radius 1 is 1.44 bits per heavy atom. The van der Waals surface area contributed by atoms with Crippen molar-refractivity contribution in [2.75, 3.05) is 5.32 Å². The van der Waals surface area contributed by atoms with Gasteiger partial charge in [0.05, 0.1) is 6.20 Å². The van der Waals surface area contributed by atoms with Gasteiger partial charge in [0.2, 0.25) is 0 Å². The lowest BCUT2D eigenvalue weighted by Crippen LogP contribution is -2.03. The fraction of sp³-hybridized carbons (Fsp3) is 0.0769. The summed E-state index contributed by atoms with van der Waals surface area (Å²) in [6.07, 6.45) is 5.37. The highest BCUT2D eigenvalue weighted by Gasteiger charge is 2.24. The van der Waals surface area contributed by atoms with Crippen molar-refractivity contribution in [1.29, 1.82) is 0 Å². The number of aryl methyl sites for hydroxylation is 1. The van der Waals surface area contributed by atoms with E-state index in [0.717, 1.165) is 16.8 Å². The van der Waals surface area contributed by atoms with Crippen LogP contribution in [-0.2, 0) is 11.8 Å². The van der Waals surface area contributed by atoms with Crippen LogP contribution in [0.25, 0.3) is 11.6 Å². The molecule has 5 heteroatoms. The van der Waals surface area contributed by atoms with Crippen LogP contribution >= 0.6 is 11.6 Å². The molecule has 90 valence electrons. The smallest absolute Gasteiger partial charge is 0.256 e. The van der Waals surface area contributed by atoms with Crippen molar-refractivity contribution < 1.29 is 4.79 Å². The van der Waals surface area contributed by atoms with Crippen molar-refractivity contribution in [1.82, 2.24) is 9.78 Å². The molecule has 0 saturated heterocycles. The first kappa shape index (κ1) is 11.0. The molecule has 0 aliphatic carbocycles. The van der Waals surface area contributed by atoms with Crippen LogP contribution in [-0.4, -0.2) is 15.7 Å². The van der Waals surface area contributed by atoms with Gasteiger partial charge in [0.25, 0.3) is 5.91 Å². The molecule has 2 heterocycles. The second-order valence-corrected chi connectivity index (χ2v) is 4.59. The lowest BCUT2D eigenvalue weighted by molar-refractivity contribution is -0.110. The molecular formula is C13H10ClN3O. The van der Waals surface area contributed by atoms with Crippen molar-refractivity contribution in [2.24, 2.45) is 7.05 Å². The van der Waals surface area contributed by atoms with Crippen LogP contribution in [0.1, 0.15) is 11.1 Å². The van der Waals surface area contributed by atoms with E-state index in [9.17, 15) is 4.79 Å². The van der Waals surface area contributed by atoms with Gasteiger partial charge in [0.15, 0.2) is 0 Å². The van der Waals surface area contributed by atoms with Gasteiger partial charge in [-0.3, -0.25) is 9.48 Å². The van der Waals surface area contributed by atoms with Gasteiger partial charge in [0, 0.05) is 40.7 Å². The third-order valence-corrected chi connectivity index (χ3v) is 3.04. The fourth-order valence-corrected chi connectivity index (χ4v) is 2.16. The van der Waals surface area contributed by atoms with Gasteiger partial charge >= 0.3 is 0 Å². The average Bonchev–Trinajstić information content (AvgIpc) is 2.86. The van der Waals surface area contributed by atoms with E-state index in [4.69, 9.17) is 11.6 Å². The van der Waals surface area contributed by atoms with Crippen molar-refractivity contribution in [3.63, 3.8) is 0 Å². The van der Waals surface area contributed by atoms with Crippen molar-refractivity contribution in [3.05, 3.63) is 46.7 Å². The topological polar surface area (TPSA) is 46.9 Å². The van der Waals surface area contributed by atoms with Crippen molar-refractivity contribution >= 4 is 34.8 Å². The molecule has 0 saturated carbocycles. The average molecular weight is 260 g/mol. The minimum Gasteiger partial charge on any atom is -0.321 e. The van der Waals surface area contributed by atoms with Crippen molar-refractivity contribution in [3.8, 4) is 0 Å². The van der Waals surface area contributed by atoms with Gasteiger partial charge in [-0.05, 0) is 24.3 Å². The molecule has 1 aromatic carbocycles. The lowest BCUT2D eigenvalue weighted by atomic mass is 10.1. The SMILES string of the molecule is Cn1cc(/C=C2\C(=O)Nc3ccc(Cl)cc32)cn1. The molecule has 0 atom stereocenters. The van der Waals surface area contributed by atoms with Crippen LogP contribution in [0.5, 0.6) is 0 Å². The summed E-state index contributed by atoms with van der Waals surface area (Å²) in [6.45, 7) is 0. The van der Waals surface area contributed by atoms with E-state index in [0.29, 0.717) is 10.6 Å². The summed E-state index contributed by atoms with van der Waals surface area (Å²) in [6, 6.07) is 5.35. The van der Waals surface area contributed by atoms with Gasteiger partial charge in [0.1, 0.15) is 0 Å². The van der Waals surface area contributed by atoms with E-state index < -0.39 is 0 Å². The third kappa shape index (κ3) is 1.80. The quantitative estimate of drug-likeness (QED) is 0.800. The Balaban J connectivity index is 2.11. The molecule has 3 rings (SSSR count). The molecule has 1 aromatic heterocycles. The second-order valence-electron chi connectivity index (χ2n) is 4.15. The van der Waals surface area contributed by atoms with Crippen LogP contribution in [0.3, 0.4) is 0 Å². The zero-order chi connectivity index (χ0) is 12.7. The number of anilines is 1. The monoisotopic (exact) mass is 259 g/mol. The number of fused-ring (bicyclic) bond motifs is 1. The molecular weight excluding hydrogens is 250 g/mol. The third-order valence-electron chi connectivity index (χ3n) is 2.80. The highest BCUT2D eigenvalue weighted by Crippen LogP contribution is 2.34. The number of nitrogens with one attached hydrogen (secondary N) is 1. The molecule has 1 amide bonds. The second kappa shape index (κ2) is 3.99. The summed E-state index contributed by atoms with van der Waals surface area (Å²) in [5, 5.41) is 7.49. The molecule has 0 unspecified atom stereocenters. The van der Waals surface area contributed by atoms with E-state index in [-0.39, 0.29) is 5.91 Å². The maximum absolute atomic E-state index is 11.9. The molecule has 0 bridgehead atoms. The Kier molecular flexibility index (Phi) is 2.45. The lowest BCUT2D eigenvalue weighted by Gasteiger charge is -1.98. The number of amides is 1. The predicted octanol–water partition coefficient (Wildman–Crippen LogP) is 2.57. The van der Waals surface area contributed by atoms with Crippen LogP contribution in [0.2, 0.25) is 5.02 Å². The first-order valence-electron chi connectivity index (χ1n) is 5.45. The summed E-state index contributed by atoms with van der Waals surface area (Å²) < 4.78 is 1.69. The molecule has 0 radical (unpaired) electrons. The number of hydrogen-bond acceptors (Lipinski definition) is 2. The van der Waals surface area contributed by atoms with E-state index in [1.807, 2.05) is 19.3 Å². The molecule has 4 nitrogen and oxygen atoms in total. The number of aromatic nitrogens is 2. The van der Waals surface area contributed by atoms with Crippen LogP contribution in [0, 0.1) is 0 Å². The summed E-state index contributed by atoms with van der Waals surface area (Å²) in [7, 11) is 1.83. The summed E-state index contributed by atoms with van der Waals surface area (Å²) >= 11 is 5.96. The summed E-state index contributed by atoms with van der Waals surface area (Å²) in [5.41, 5.74) is 3.12. The van der Waals surface area contributed by atoms with Gasteiger partial charge < -0.3 is 5.32 Å². The minimum absolute atomic E-state index is 0.115. The van der Waals surface area contributed by atoms with E-state index in [1.165, 1.54) is 0 Å². The molecule has 0 fully saturated rings. The largest absolute Gasteiger partial charge is 0.321 e. The van der Waals surface area contributed by atoms with Gasteiger partial charge in [-0.15, -0.1) is 0 Å². The predicted molar refractivity (Wildman–Crippen MR) is 71.2 cm³/mol. The van der Waals surface area contributed by atoms with E-state index in [1.54, 1.807) is 29.1 Å². The zero-order valence-electron chi connectivity index (χ0n) is 9.64. The summed E-state index contributed by atoms with van der Waals surface area (Å²) in [4.78, 5) is 11.9. The maximum atomic E-state index is 11.9. The number of rotatable bonds is 1. The molecule has 2 aromatic rings. The molecule has 1 aliphatic heterocycles. The van der Waals surface area contributed by atoms with Gasteiger partial charge in [-0.1, -0.05) is 11.6 Å². The number of benzene rings is 1. The summed E-state index contributed by atoms with van der Waals surface area (Å²) in [5.74, 6) is -0.115. The first-order chi connectivity index (χ1) is 8.63. The molecule has 18 heavy (non-hydrogen) atoms. The molecule has 0 spiro atoms. The zero-order valence-corrected chi connectivity index (χ0v) is 10.4. The van der Waals surface area contributed by atoms with Crippen LogP contribution < -0.4 is 5.32 Å². The Labute approximate surface area is 109 Å². The highest BCUT2D eigenvalue weighted by atomic mass is 35.5. The van der Waals surface area contributed by atoms with E-state index in [2.05, 4.69) is 10.4 Å². The van der Waals surface area contributed by atoms with Crippen LogP contribution in [0.15, 0.2) is 30.6 Å². The molecule has 1 aliphatic rings. The Morgan fingerprint density at radius 3 is 3.00 bits per heavy atom.